The van der Waals surface area contributed by atoms with Crippen LogP contribution in [0.15, 0.2) is 61.2 Å². The van der Waals surface area contributed by atoms with Crippen LogP contribution in [0.2, 0.25) is 15.1 Å². The van der Waals surface area contributed by atoms with Crippen LogP contribution < -0.4 is 0 Å². The maximum Gasteiger partial charge on any atom is 0.187 e. The highest BCUT2D eigenvalue weighted by atomic mass is 35.5. The van der Waals surface area contributed by atoms with E-state index in [9.17, 15) is 0 Å². The molecular weight excluding hydrogens is 459 g/mol. The van der Waals surface area contributed by atoms with Gasteiger partial charge in [-0.2, -0.15) is 0 Å². The van der Waals surface area contributed by atoms with E-state index in [4.69, 9.17) is 49.0 Å². The van der Waals surface area contributed by atoms with E-state index in [0.717, 1.165) is 17.0 Å². The van der Waals surface area contributed by atoms with Gasteiger partial charge in [0.05, 0.1) is 32.7 Å². The molecule has 1 fully saturated rings. The summed E-state index contributed by atoms with van der Waals surface area (Å²) in [4.78, 5) is 4.13. The zero-order valence-corrected chi connectivity index (χ0v) is 19.1. The first-order valence-electron chi connectivity index (χ1n) is 10.0. The highest BCUT2D eigenvalue weighted by Crippen LogP contribution is 2.31. The van der Waals surface area contributed by atoms with Crippen molar-refractivity contribution in [1.29, 1.82) is 0 Å². The summed E-state index contributed by atoms with van der Waals surface area (Å²) in [7, 11) is 0. The summed E-state index contributed by atoms with van der Waals surface area (Å²) in [5, 5.41) is 1.92. The van der Waals surface area contributed by atoms with Gasteiger partial charge in [-0.15, -0.1) is 0 Å². The smallest absolute Gasteiger partial charge is 0.187 e. The van der Waals surface area contributed by atoms with Crippen molar-refractivity contribution in [2.24, 2.45) is 0 Å². The predicted octanol–water partition coefficient (Wildman–Crippen LogP) is 5.80. The molecule has 1 aliphatic heterocycles. The zero-order valence-electron chi connectivity index (χ0n) is 16.8. The molecule has 3 aromatic rings. The molecule has 1 aliphatic rings. The fourth-order valence-corrected chi connectivity index (χ4v) is 4.16. The van der Waals surface area contributed by atoms with E-state index in [2.05, 4.69) is 4.98 Å². The first kappa shape index (κ1) is 22.6. The second kappa shape index (κ2) is 10.3. The third-order valence-corrected chi connectivity index (χ3v) is 6.02. The normalized spacial score (nSPS) is 20.9. The monoisotopic (exact) mass is 480 g/mol. The molecule has 0 bridgehead atoms. The summed E-state index contributed by atoms with van der Waals surface area (Å²) in [5.74, 6) is -0.744. The van der Waals surface area contributed by atoms with Crippen molar-refractivity contribution < 1.29 is 14.2 Å². The van der Waals surface area contributed by atoms with Crippen molar-refractivity contribution in [2.75, 3.05) is 13.2 Å². The Kier molecular flexibility index (Phi) is 7.54. The molecule has 0 spiro atoms. The lowest BCUT2D eigenvalue weighted by molar-refractivity contribution is -0.187. The minimum atomic E-state index is -0.744. The molecule has 8 heteroatoms. The Balaban J connectivity index is 1.36. The number of nitrogens with zero attached hydrogens (tertiary/aromatic N) is 2. The predicted molar refractivity (Wildman–Crippen MR) is 122 cm³/mol. The average molecular weight is 482 g/mol. The third-order valence-electron chi connectivity index (χ3n) is 5.18. The molecule has 5 nitrogen and oxygen atoms in total. The zero-order chi connectivity index (χ0) is 21.7. The highest BCUT2D eigenvalue weighted by molar-refractivity contribution is 6.35. The highest BCUT2D eigenvalue weighted by Gasteiger charge is 2.41. The van der Waals surface area contributed by atoms with Gasteiger partial charge in [-0.1, -0.05) is 53.0 Å². The number of aromatic nitrogens is 2. The fourth-order valence-electron chi connectivity index (χ4n) is 3.58. The first-order valence-corrected chi connectivity index (χ1v) is 11.2. The molecule has 4 rings (SSSR count). The van der Waals surface area contributed by atoms with Gasteiger partial charge in [-0.25, -0.2) is 4.98 Å². The SMILES string of the molecule is Clc1ccc(CCC2(Cn3ccnc3)OCC(COCc3ccc(Cl)cc3Cl)O2)cc1. The van der Waals surface area contributed by atoms with E-state index >= 15 is 0 Å². The van der Waals surface area contributed by atoms with Gasteiger partial charge in [-0.05, 0) is 41.8 Å². The van der Waals surface area contributed by atoms with Crippen molar-refractivity contribution in [2.45, 2.75) is 37.9 Å². The lowest BCUT2D eigenvalue weighted by Gasteiger charge is -2.28. The number of rotatable bonds is 9. The van der Waals surface area contributed by atoms with Crippen LogP contribution in [0, 0.1) is 0 Å². The Hall–Kier alpha value is -1.60. The molecule has 2 heterocycles. The molecule has 31 heavy (non-hydrogen) atoms. The Morgan fingerprint density at radius 2 is 1.90 bits per heavy atom. The molecular formula is C23H23Cl3N2O3. The van der Waals surface area contributed by atoms with Gasteiger partial charge in [0, 0.05) is 33.9 Å². The standard InChI is InChI=1S/C23H23Cl3N2O3/c24-19-4-1-17(2-5-19)7-8-23(15-28-10-9-27-16-28)30-14-21(31-23)13-29-12-18-3-6-20(25)11-22(18)26/h1-6,9-11,16,21H,7-8,12-15H2. The lowest BCUT2D eigenvalue weighted by Crippen LogP contribution is -2.37. The van der Waals surface area contributed by atoms with Crippen LogP contribution in [0.25, 0.3) is 0 Å². The van der Waals surface area contributed by atoms with Gasteiger partial charge >= 0.3 is 0 Å². The number of imidazole rings is 1. The second-order valence-corrected chi connectivity index (χ2v) is 8.85. The first-order chi connectivity index (χ1) is 15.0. The van der Waals surface area contributed by atoms with Gasteiger partial charge in [-0.3, -0.25) is 0 Å². The Morgan fingerprint density at radius 1 is 1.10 bits per heavy atom. The number of hydrogen-bond acceptors (Lipinski definition) is 4. The van der Waals surface area contributed by atoms with Crippen LogP contribution in [0.5, 0.6) is 0 Å². The number of aryl methyl sites for hydroxylation is 1. The summed E-state index contributed by atoms with van der Waals surface area (Å²) in [6.07, 6.45) is 6.76. The van der Waals surface area contributed by atoms with E-state index in [-0.39, 0.29) is 6.10 Å². The van der Waals surface area contributed by atoms with E-state index in [1.165, 1.54) is 5.56 Å². The topological polar surface area (TPSA) is 45.5 Å². The Labute approximate surface area is 196 Å². The molecule has 1 aromatic heterocycles. The fraction of sp³-hybridized carbons (Fsp3) is 0.348. The van der Waals surface area contributed by atoms with Gasteiger partial charge in [0.25, 0.3) is 0 Å². The van der Waals surface area contributed by atoms with Crippen LogP contribution >= 0.6 is 34.8 Å². The van der Waals surface area contributed by atoms with Gasteiger partial charge in [0.15, 0.2) is 5.79 Å². The molecule has 0 aliphatic carbocycles. The maximum absolute atomic E-state index is 6.38. The van der Waals surface area contributed by atoms with Crippen molar-refractivity contribution in [3.05, 3.63) is 87.4 Å². The maximum atomic E-state index is 6.38. The summed E-state index contributed by atoms with van der Waals surface area (Å²) in [5.41, 5.74) is 2.07. The summed E-state index contributed by atoms with van der Waals surface area (Å²) in [6, 6.07) is 13.2. The minimum Gasteiger partial charge on any atom is -0.374 e. The lowest BCUT2D eigenvalue weighted by atomic mass is 10.0. The Bertz CT molecular complexity index is 982. The molecule has 1 saturated heterocycles. The molecule has 0 radical (unpaired) electrons. The average Bonchev–Trinajstić information content (AvgIpc) is 3.40. The van der Waals surface area contributed by atoms with Crippen LogP contribution in [0.1, 0.15) is 17.5 Å². The molecule has 0 saturated carbocycles. The van der Waals surface area contributed by atoms with E-state index in [1.54, 1.807) is 24.7 Å². The Morgan fingerprint density at radius 3 is 2.65 bits per heavy atom. The van der Waals surface area contributed by atoms with Crippen LogP contribution in [-0.2, 0) is 33.8 Å². The molecule has 164 valence electrons. The van der Waals surface area contributed by atoms with Crippen LogP contribution in [0.4, 0.5) is 0 Å². The van der Waals surface area contributed by atoms with Crippen LogP contribution in [0.3, 0.4) is 0 Å². The third kappa shape index (κ3) is 6.22. The number of benzene rings is 2. The van der Waals surface area contributed by atoms with Crippen molar-refractivity contribution >= 4 is 34.8 Å². The van der Waals surface area contributed by atoms with Crippen molar-refractivity contribution in [3.63, 3.8) is 0 Å². The second-order valence-electron chi connectivity index (χ2n) is 7.57. The molecule has 2 aromatic carbocycles. The number of ether oxygens (including phenoxy) is 3. The van der Waals surface area contributed by atoms with Gasteiger partial charge in [0.2, 0.25) is 0 Å². The van der Waals surface area contributed by atoms with E-state index in [1.807, 2.05) is 41.1 Å². The van der Waals surface area contributed by atoms with E-state index < -0.39 is 5.79 Å². The molecule has 2 unspecified atom stereocenters. The van der Waals surface area contributed by atoms with E-state index in [0.29, 0.717) is 42.8 Å². The summed E-state index contributed by atoms with van der Waals surface area (Å²) < 4.78 is 20.4. The molecule has 2 atom stereocenters. The van der Waals surface area contributed by atoms with Gasteiger partial charge < -0.3 is 18.8 Å². The summed E-state index contributed by atoms with van der Waals surface area (Å²) in [6.45, 7) is 1.81. The van der Waals surface area contributed by atoms with Crippen molar-refractivity contribution in [1.82, 2.24) is 9.55 Å². The van der Waals surface area contributed by atoms with Crippen molar-refractivity contribution in [3.8, 4) is 0 Å². The quantitative estimate of drug-likeness (QED) is 0.387. The molecule has 0 amide bonds. The number of hydrogen-bond donors (Lipinski definition) is 0. The molecule has 0 N–H and O–H groups in total. The summed E-state index contributed by atoms with van der Waals surface area (Å²) >= 11 is 18.2. The van der Waals surface area contributed by atoms with Gasteiger partial charge in [0.1, 0.15) is 6.10 Å². The largest absolute Gasteiger partial charge is 0.374 e. The minimum absolute atomic E-state index is 0.167. The van der Waals surface area contributed by atoms with Crippen LogP contribution in [-0.4, -0.2) is 34.7 Å². The number of halogens is 3.